The molecule has 0 aliphatic carbocycles. The number of nitrogens with one attached hydrogen (secondary N) is 1. The lowest BCUT2D eigenvalue weighted by atomic mass is 10.0. The third-order valence-electron chi connectivity index (χ3n) is 3.38. The van der Waals surface area contributed by atoms with E-state index in [9.17, 15) is 9.59 Å². The minimum absolute atomic E-state index is 0.0138. The van der Waals surface area contributed by atoms with Crippen LogP contribution in [-0.4, -0.2) is 17.0 Å². The SMILES string of the molecule is CC(Cc1ccc(NC(=O)CCc2cccs2)cc1)C(=O)O. The van der Waals surface area contributed by atoms with E-state index in [4.69, 9.17) is 5.11 Å². The number of rotatable bonds is 7. The summed E-state index contributed by atoms with van der Waals surface area (Å²) in [5.74, 6) is -1.22. The Morgan fingerprint density at radius 3 is 2.55 bits per heavy atom. The van der Waals surface area contributed by atoms with Gasteiger partial charge in [-0.05, 0) is 42.0 Å². The summed E-state index contributed by atoms with van der Waals surface area (Å²) in [6.07, 6.45) is 1.69. The smallest absolute Gasteiger partial charge is 0.306 e. The average molecular weight is 317 g/mol. The molecule has 1 aromatic carbocycles. The summed E-state index contributed by atoms with van der Waals surface area (Å²) in [5, 5.41) is 13.8. The summed E-state index contributed by atoms with van der Waals surface area (Å²) in [4.78, 5) is 23.9. The number of amides is 1. The van der Waals surface area contributed by atoms with Crippen LogP contribution in [0.3, 0.4) is 0 Å². The molecular weight excluding hydrogens is 298 g/mol. The van der Waals surface area contributed by atoms with Crippen LogP contribution >= 0.6 is 11.3 Å². The van der Waals surface area contributed by atoms with Crippen LogP contribution in [0, 0.1) is 5.92 Å². The Bertz CT molecular complexity index is 620. The maximum absolute atomic E-state index is 11.9. The molecular formula is C17H19NO3S. The Morgan fingerprint density at radius 2 is 1.95 bits per heavy atom. The zero-order valence-corrected chi connectivity index (χ0v) is 13.2. The highest BCUT2D eigenvalue weighted by Crippen LogP contribution is 2.15. The van der Waals surface area contributed by atoms with Gasteiger partial charge in [0.1, 0.15) is 0 Å². The molecule has 0 aliphatic rings. The highest BCUT2D eigenvalue weighted by atomic mass is 32.1. The number of hydrogen-bond acceptors (Lipinski definition) is 3. The van der Waals surface area contributed by atoms with Crippen molar-refractivity contribution in [2.75, 3.05) is 5.32 Å². The third kappa shape index (κ3) is 5.00. The monoisotopic (exact) mass is 317 g/mol. The molecule has 5 heteroatoms. The van der Waals surface area contributed by atoms with Crippen molar-refractivity contribution in [2.45, 2.75) is 26.2 Å². The van der Waals surface area contributed by atoms with Crippen molar-refractivity contribution in [3.63, 3.8) is 0 Å². The first-order chi connectivity index (χ1) is 10.5. The van der Waals surface area contributed by atoms with Crippen molar-refractivity contribution in [3.05, 3.63) is 52.2 Å². The molecule has 2 aromatic rings. The van der Waals surface area contributed by atoms with Crippen LogP contribution in [0.25, 0.3) is 0 Å². The van der Waals surface area contributed by atoms with Gasteiger partial charge in [0.15, 0.2) is 0 Å². The van der Waals surface area contributed by atoms with Crippen LogP contribution in [0.2, 0.25) is 0 Å². The van der Waals surface area contributed by atoms with Gasteiger partial charge in [0.05, 0.1) is 5.92 Å². The fraction of sp³-hybridized carbons (Fsp3) is 0.294. The van der Waals surface area contributed by atoms with E-state index < -0.39 is 11.9 Å². The van der Waals surface area contributed by atoms with Crippen LogP contribution in [0.1, 0.15) is 23.8 Å². The third-order valence-corrected chi connectivity index (χ3v) is 4.32. The van der Waals surface area contributed by atoms with Crippen LogP contribution < -0.4 is 5.32 Å². The zero-order valence-electron chi connectivity index (χ0n) is 12.4. The second-order valence-corrected chi connectivity index (χ2v) is 6.30. The minimum atomic E-state index is -0.800. The maximum Gasteiger partial charge on any atom is 0.306 e. The Labute approximate surface area is 133 Å². The Hall–Kier alpha value is -2.14. The van der Waals surface area contributed by atoms with Gasteiger partial charge in [-0.2, -0.15) is 0 Å². The lowest BCUT2D eigenvalue weighted by molar-refractivity contribution is -0.141. The number of carboxylic acids is 1. The minimum Gasteiger partial charge on any atom is -0.481 e. The quantitative estimate of drug-likeness (QED) is 0.820. The number of carboxylic acid groups (broad SMARTS) is 1. The molecule has 0 radical (unpaired) electrons. The Morgan fingerprint density at radius 1 is 1.23 bits per heavy atom. The van der Waals surface area contributed by atoms with E-state index >= 15 is 0 Å². The Balaban J connectivity index is 1.82. The summed E-state index contributed by atoms with van der Waals surface area (Å²) >= 11 is 1.65. The number of hydrogen-bond donors (Lipinski definition) is 2. The molecule has 2 rings (SSSR count). The van der Waals surface area contributed by atoms with E-state index in [2.05, 4.69) is 5.32 Å². The first-order valence-electron chi connectivity index (χ1n) is 7.18. The molecule has 116 valence electrons. The molecule has 0 saturated carbocycles. The number of aryl methyl sites for hydroxylation is 1. The second-order valence-electron chi connectivity index (χ2n) is 5.27. The van der Waals surface area contributed by atoms with Gasteiger partial charge in [-0.1, -0.05) is 25.1 Å². The standard InChI is InChI=1S/C17H19NO3S/c1-12(17(20)21)11-13-4-6-14(7-5-13)18-16(19)9-8-15-3-2-10-22-15/h2-7,10,12H,8-9,11H2,1H3,(H,18,19)(H,20,21). The largest absolute Gasteiger partial charge is 0.481 e. The van der Waals surface area contributed by atoms with Gasteiger partial charge < -0.3 is 10.4 Å². The van der Waals surface area contributed by atoms with Crippen molar-refractivity contribution < 1.29 is 14.7 Å². The van der Waals surface area contributed by atoms with Crippen molar-refractivity contribution in [1.29, 1.82) is 0 Å². The highest BCUT2D eigenvalue weighted by molar-refractivity contribution is 7.09. The van der Waals surface area contributed by atoms with E-state index in [1.165, 1.54) is 4.88 Å². The van der Waals surface area contributed by atoms with Crippen LogP contribution in [-0.2, 0) is 22.4 Å². The first-order valence-corrected chi connectivity index (χ1v) is 8.06. The van der Waals surface area contributed by atoms with Crippen molar-refractivity contribution in [3.8, 4) is 0 Å². The van der Waals surface area contributed by atoms with Gasteiger partial charge in [0, 0.05) is 17.0 Å². The molecule has 1 atom stereocenters. The van der Waals surface area contributed by atoms with Crippen molar-refractivity contribution >= 4 is 28.9 Å². The summed E-state index contributed by atoms with van der Waals surface area (Å²) in [7, 11) is 0. The molecule has 4 nitrogen and oxygen atoms in total. The normalized spacial score (nSPS) is 11.9. The molecule has 1 amide bonds. The van der Waals surface area contributed by atoms with Crippen LogP contribution in [0.4, 0.5) is 5.69 Å². The zero-order chi connectivity index (χ0) is 15.9. The molecule has 1 heterocycles. The van der Waals surface area contributed by atoms with Crippen molar-refractivity contribution in [1.82, 2.24) is 0 Å². The summed E-state index contributed by atoms with van der Waals surface area (Å²) in [5.41, 5.74) is 1.69. The molecule has 0 spiro atoms. The second kappa shape index (κ2) is 7.75. The summed E-state index contributed by atoms with van der Waals surface area (Å²) in [6.45, 7) is 1.68. The van der Waals surface area contributed by atoms with E-state index in [0.717, 1.165) is 17.7 Å². The van der Waals surface area contributed by atoms with E-state index in [1.54, 1.807) is 18.3 Å². The fourth-order valence-electron chi connectivity index (χ4n) is 2.08. The van der Waals surface area contributed by atoms with Gasteiger partial charge in [-0.3, -0.25) is 9.59 Å². The molecule has 2 N–H and O–H groups in total. The van der Waals surface area contributed by atoms with Gasteiger partial charge in [-0.25, -0.2) is 0 Å². The van der Waals surface area contributed by atoms with Crippen LogP contribution in [0.15, 0.2) is 41.8 Å². The lowest BCUT2D eigenvalue weighted by Gasteiger charge is -2.08. The predicted octanol–water partition coefficient (Wildman–Crippen LogP) is 3.58. The molecule has 22 heavy (non-hydrogen) atoms. The number of anilines is 1. The first kappa shape index (κ1) is 16.2. The molecule has 0 fully saturated rings. The number of carbonyl (C=O) groups excluding carboxylic acids is 1. The number of thiophene rings is 1. The van der Waals surface area contributed by atoms with Crippen LogP contribution in [0.5, 0.6) is 0 Å². The molecule has 0 bridgehead atoms. The average Bonchev–Trinajstić information content (AvgIpc) is 3.00. The van der Waals surface area contributed by atoms with Gasteiger partial charge in [0.25, 0.3) is 0 Å². The van der Waals surface area contributed by atoms with Gasteiger partial charge >= 0.3 is 5.97 Å². The highest BCUT2D eigenvalue weighted by Gasteiger charge is 2.11. The number of aliphatic carboxylic acids is 1. The predicted molar refractivity (Wildman–Crippen MR) is 88.2 cm³/mol. The van der Waals surface area contributed by atoms with E-state index in [1.807, 2.05) is 41.8 Å². The van der Waals surface area contributed by atoms with E-state index in [0.29, 0.717) is 12.8 Å². The number of benzene rings is 1. The van der Waals surface area contributed by atoms with Gasteiger partial charge in [0.2, 0.25) is 5.91 Å². The van der Waals surface area contributed by atoms with E-state index in [-0.39, 0.29) is 5.91 Å². The summed E-state index contributed by atoms with van der Waals surface area (Å²) < 4.78 is 0. The van der Waals surface area contributed by atoms with Gasteiger partial charge in [-0.15, -0.1) is 11.3 Å². The fourth-order valence-corrected chi connectivity index (χ4v) is 2.79. The molecule has 1 unspecified atom stereocenters. The molecule has 0 saturated heterocycles. The number of carbonyl (C=O) groups is 2. The Kier molecular flexibility index (Phi) is 5.72. The summed E-state index contributed by atoms with van der Waals surface area (Å²) in [6, 6.07) is 11.3. The molecule has 0 aliphatic heterocycles. The lowest BCUT2D eigenvalue weighted by Crippen LogP contribution is -2.13. The molecule has 1 aromatic heterocycles. The maximum atomic E-state index is 11.9. The van der Waals surface area contributed by atoms with Crippen molar-refractivity contribution in [2.24, 2.45) is 5.92 Å². The topological polar surface area (TPSA) is 66.4 Å².